The van der Waals surface area contributed by atoms with Crippen molar-refractivity contribution >= 4 is 0 Å². The molecule has 6 heteroatoms. The zero-order valence-corrected chi connectivity index (χ0v) is 12.0. The second-order valence-electron chi connectivity index (χ2n) is 5.89. The summed E-state index contributed by atoms with van der Waals surface area (Å²) in [7, 11) is 0. The van der Waals surface area contributed by atoms with Crippen molar-refractivity contribution in [2.75, 3.05) is 13.2 Å². The largest absolute Gasteiger partial charge is 0.486 e. The molecule has 0 amide bonds. The number of benzene rings is 1. The summed E-state index contributed by atoms with van der Waals surface area (Å²) in [6.07, 6.45) is 0. The fraction of sp³-hybridized carbons (Fsp3) is 0.500. The van der Waals surface area contributed by atoms with Crippen LogP contribution in [-0.4, -0.2) is 33.4 Å². The van der Waals surface area contributed by atoms with Crippen LogP contribution < -0.4 is 9.47 Å². The van der Waals surface area contributed by atoms with E-state index in [0.717, 1.165) is 22.9 Å². The third-order valence-corrected chi connectivity index (χ3v) is 3.14. The normalized spacial score (nSPS) is 14.3. The van der Waals surface area contributed by atoms with Crippen LogP contribution in [0.5, 0.6) is 11.5 Å². The van der Waals surface area contributed by atoms with E-state index in [0.29, 0.717) is 19.8 Å². The molecule has 0 N–H and O–H groups in total. The maximum Gasteiger partial charge on any atom is 0.161 e. The Balaban J connectivity index is 1.87. The van der Waals surface area contributed by atoms with Crippen molar-refractivity contribution in [1.82, 2.24) is 20.2 Å². The number of nitrogens with zero attached hydrogens (tertiary/aromatic N) is 4. The van der Waals surface area contributed by atoms with Crippen molar-refractivity contribution in [3.05, 3.63) is 29.6 Å². The first-order valence-electron chi connectivity index (χ1n) is 6.69. The SMILES string of the molecule is CC(C)(C)c1nnnn1Cc1ccc2c(c1)OCCO2. The molecule has 6 nitrogen and oxygen atoms in total. The molecule has 106 valence electrons. The van der Waals surface area contributed by atoms with Gasteiger partial charge in [0.1, 0.15) is 13.2 Å². The van der Waals surface area contributed by atoms with Crippen molar-refractivity contribution < 1.29 is 9.47 Å². The van der Waals surface area contributed by atoms with E-state index in [2.05, 4.69) is 36.3 Å². The molecule has 2 aromatic rings. The molecular formula is C14H18N4O2. The van der Waals surface area contributed by atoms with Crippen molar-refractivity contribution in [3.8, 4) is 11.5 Å². The first kappa shape index (κ1) is 12.9. The Hall–Kier alpha value is -2.11. The highest BCUT2D eigenvalue weighted by atomic mass is 16.6. The molecule has 0 fully saturated rings. The molecule has 3 rings (SSSR count). The first-order valence-corrected chi connectivity index (χ1v) is 6.69. The Morgan fingerprint density at radius 3 is 2.65 bits per heavy atom. The molecule has 0 aliphatic carbocycles. The summed E-state index contributed by atoms with van der Waals surface area (Å²) < 4.78 is 12.9. The molecule has 1 aromatic carbocycles. The van der Waals surface area contributed by atoms with Gasteiger partial charge in [-0.25, -0.2) is 4.68 Å². The Morgan fingerprint density at radius 1 is 1.15 bits per heavy atom. The van der Waals surface area contributed by atoms with Crippen molar-refractivity contribution in [2.45, 2.75) is 32.7 Å². The lowest BCUT2D eigenvalue weighted by Gasteiger charge is -2.20. The third kappa shape index (κ3) is 2.45. The minimum atomic E-state index is -0.0860. The van der Waals surface area contributed by atoms with Crippen LogP contribution in [0.25, 0.3) is 0 Å². The van der Waals surface area contributed by atoms with Crippen LogP contribution in [0.3, 0.4) is 0 Å². The number of ether oxygens (including phenoxy) is 2. The van der Waals surface area contributed by atoms with Gasteiger partial charge in [-0.3, -0.25) is 0 Å². The van der Waals surface area contributed by atoms with E-state index in [1.165, 1.54) is 0 Å². The molecular weight excluding hydrogens is 256 g/mol. The van der Waals surface area contributed by atoms with E-state index >= 15 is 0 Å². The average molecular weight is 274 g/mol. The Bertz CT molecular complexity index is 616. The average Bonchev–Trinajstić information content (AvgIpc) is 2.87. The van der Waals surface area contributed by atoms with Crippen molar-refractivity contribution in [2.24, 2.45) is 0 Å². The van der Waals surface area contributed by atoms with Crippen LogP contribution in [0.15, 0.2) is 18.2 Å². The first-order chi connectivity index (χ1) is 9.54. The summed E-state index contributed by atoms with van der Waals surface area (Å²) in [6.45, 7) is 8.11. The second-order valence-corrected chi connectivity index (χ2v) is 5.89. The number of fused-ring (bicyclic) bond motifs is 1. The molecule has 0 saturated heterocycles. The lowest BCUT2D eigenvalue weighted by atomic mass is 9.96. The maximum absolute atomic E-state index is 5.59. The van der Waals surface area contributed by atoms with Crippen molar-refractivity contribution in [1.29, 1.82) is 0 Å². The number of hydrogen-bond donors (Lipinski definition) is 0. The number of rotatable bonds is 2. The zero-order chi connectivity index (χ0) is 14.2. The maximum atomic E-state index is 5.59. The van der Waals surface area contributed by atoms with Crippen LogP contribution in [0.2, 0.25) is 0 Å². The molecule has 0 spiro atoms. The Kier molecular flexibility index (Phi) is 3.08. The number of tetrazole rings is 1. The lowest BCUT2D eigenvalue weighted by Crippen LogP contribution is -2.20. The molecule has 1 aromatic heterocycles. The van der Waals surface area contributed by atoms with Gasteiger partial charge < -0.3 is 9.47 Å². The smallest absolute Gasteiger partial charge is 0.161 e. The lowest BCUT2D eigenvalue weighted by molar-refractivity contribution is 0.171. The van der Waals surface area contributed by atoms with Gasteiger partial charge in [-0.05, 0) is 28.1 Å². The van der Waals surface area contributed by atoms with Crippen LogP contribution >= 0.6 is 0 Å². The predicted molar refractivity (Wildman–Crippen MR) is 73.1 cm³/mol. The van der Waals surface area contributed by atoms with Crippen LogP contribution in [-0.2, 0) is 12.0 Å². The summed E-state index contributed by atoms with van der Waals surface area (Å²) in [4.78, 5) is 0. The van der Waals surface area contributed by atoms with E-state index in [1.54, 1.807) is 0 Å². The molecule has 1 aliphatic heterocycles. The number of aromatic nitrogens is 4. The molecule has 1 aliphatic rings. The van der Waals surface area contributed by atoms with Gasteiger partial charge in [0.25, 0.3) is 0 Å². The van der Waals surface area contributed by atoms with Gasteiger partial charge in [0.05, 0.1) is 6.54 Å². The monoisotopic (exact) mass is 274 g/mol. The van der Waals surface area contributed by atoms with Gasteiger partial charge >= 0.3 is 0 Å². The van der Waals surface area contributed by atoms with Gasteiger partial charge in [0.15, 0.2) is 17.3 Å². The standard InChI is InChI=1S/C14H18N4O2/c1-14(2,3)13-15-16-17-18(13)9-10-4-5-11-12(8-10)20-7-6-19-11/h4-5,8H,6-7,9H2,1-3H3. The zero-order valence-electron chi connectivity index (χ0n) is 12.0. The summed E-state index contributed by atoms with van der Waals surface area (Å²) >= 11 is 0. The highest BCUT2D eigenvalue weighted by Crippen LogP contribution is 2.31. The quantitative estimate of drug-likeness (QED) is 0.835. The third-order valence-electron chi connectivity index (χ3n) is 3.14. The molecule has 0 saturated carbocycles. The fourth-order valence-corrected chi connectivity index (χ4v) is 2.21. The van der Waals surface area contributed by atoms with Crippen LogP contribution in [0, 0.1) is 0 Å². The van der Waals surface area contributed by atoms with Gasteiger partial charge in [-0.2, -0.15) is 0 Å². The molecule has 0 bridgehead atoms. The summed E-state index contributed by atoms with van der Waals surface area (Å²) in [6, 6.07) is 5.94. The van der Waals surface area contributed by atoms with Gasteiger partial charge in [0, 0.05) is 5.41 Å². The molecule has 20 heavy (non-hydrogen) atoms. The Labute approximate surface area is 117 Å². The van der Waals surface area contributed by atoms with Gasteiger partial charge in [-0.15, -0.1) is 5.10 Å². The molecule has 0 atom stereocenters. The summed E-state index contributed by atoms with van der Waals surface area (Å²) in [5.74, 6) is 2.46. The summed E-state index contributed by atoms with van der Waals surface area (Å²) in [5.41, 5.74) is 1.00. The topological polar surface area (TPSA) is 62.1 Å². The van der Waals surface area contributed by atoms with Crippen LogP contribution in [0.1, 0.15) is 32.2 Å². The minimum Gasteiger partial charge on any atom is -0.486 e. The van der Waals surface area contributed by atoms with Gasteiger partial charge in [0.2, 0.25) is 0 Å². The molecule has 0 unspecified atom stereocenters. The van der Waals surface area contributed by atoms with E-state index in [-0.39, 0.29) is 5.41 Å². The van der Waals surface area contributed by atoms with E-state index in [9.17, 15) is 0 Å². The molecule has 2 heterocycles. The second kappa shape index (κ2) is 4.77. The van der Waals surface area contributed by atoms with E-state index < -0.39 is 0 Å². The van der Waals surface area contributed by atoms with E-state index in [4.69, 9.17) is 9.47 Å². The number of hydrogen-bond acceptors (Lipinski definition) is 5. The van der Waals surface area contributed by atoms with Crippen LogP contribution in [0.4, 0.5) is 0 Å². The van der Waals surface area contributed by atoms with E-state index in [1.807, 2.05) is 22.9 Å². The fourth-order valence-electron chi connectivity index (χ4n) is 2.21. The predicted octanol–water partition coefficient (Wildman–Crippen LogP) is 1.79. The Morgan fingerprint density at radius 2 is 1.90 bits per heavy atom. The van der Waals surface area contributed by atoms with Gasteiger partial charge in [-0.1, -0.05) is 26.8 Å². The minimum absolute atomic E-state index is 0.0860. The highest BCUT2D eigenvalue weighted by molar-refractivity contribution is 5.43. The molecule has 0 radical (unpaired) electrons. The van der Waals surface area contributed by atoms with Crippen molar-refractivity contribution in [3.63, 3.8) is 0 Å². The highest BCUT2D eigenvalue weighted by Gasteiger charge is 2.22. The summed E-state index contributed by atoms with van der Waals surface area (Å²) in [5, 5.41) is 12.0.